The number of Topliss-reactive ketones (excluding diaryl/α,β-unsaturated/α-hetero) is 1. The number of ketones is 1. The number of rotatable bonds is 4. The van der Waals surface area contributed by atoms with Gasteiger partial charge in [-0.2, -0.15) is 8.42 Å². The molecule has 0 atom stereocenters. The van der Waals surface area contributed by atoms with Crippen LogP contribution < -0.4 is 4.72 Å². The van der Waals surface area contributed by atoms with Gasteiger partial charge in [-0.05, 0) is 19.1 Å². The highest BCUT2D eigenvalue weighted by atomic mass is 32.2. The zero-order valence-electron chi connectivity index (χ0n) is 9.54. The fourth-order valence-corrected chi connectivity index (χ4v) is 2.45. The second-order valence-electron chi connectivity index (χ2n) is 3.62. The molecule has 2 aromatic rings. The van der Waals surface area contributed by atoms with Crippen LogP contribution in [0.2, 0.25) is 0 Å². The van der Waals surface area contributed by atoms with Crippen molar-refractivity contribution < 1.29 is 13.2 Å². The number of H-pyrrole nitrogens is 1. The average molecular weight is 265 g/mol. The summed E-state index contributed by atoms with van der Waals surface area (Å²) in [6.45, 7) is 1.38. The van der Waals surface area contributed by atoms with Crippen molar-refractivity contribution in [2.24, 2.45) is 0 Å². The van der Waals surface area contributed by atoms with E-state index in [4.69, 9.17) is 0 Å². The summed E-state index contributed by atoms with van der Waals surface area (Å²) < 4.78 is 26.2. The van der Waals surface area contributed by atoms with Crippen molar-refractivity contribution in [2.75, 3.05) is 4.72 Å². The lowest BCUT2D eigenvalue weighted by atomic mass is 10.1. The van der Waals surface area contributed by atoms with Crippen LogP contribution in [-0.2, 0) is 10.0 Å². The molecule has 6 nitrogen and oxygen atoms in total. The molecule has 2 N–H and O–H groups in total. The van der Waals surface area contributed by atoms with Gasteiger partial charge in [0.05, 0.1) is 18.2 Å². The van der Waals surface area contributed by atoms with E-state index >= 15 is 0 Å². The molecule has 0 saturated carbocycles. The molecule has 0 spiro atoms. The molecule has 0 radical (unpaired) electrons. The molecular weight excluding hydrogens is 254 g/mol. The van der Waals surface area contributed by atoms with Crippen LogP contribution in [0.15, 0.2) is 41.8 Å². The van der Waals surface area contributed by atoms with Crippen molar-refractivity contribution in [1.82, 2.24) is 9.97 Å². The van der Waals surface area contributed by atoms with Gasteiger partial charge in [0.25, 0.3) is 10.0 Å². The molecular formula is C11H11N3O3S. The lowest BCUT2D eigenvalue weighted by Crippen LogP contribution is -2.15. The van der Waals surface area contributed by atoms with Gasteiger partial charge in [-0.25, -0.2) is 4.98 Å². The monoisotopic (exact) mass is 265 g/mol. The van der Waals surface area contributed by atoms with Gasteiger partial charge in [0, 0.05) is 5.56 Å². The maximum atomic E-state index is 11.9. The van der Waals surface area contributed by atoms with Gasteiger partial charge in [-0.1, -0.05) is 12.1 Å². The number of hydrogen-bond acceptors (Lipinski definition) is 4. The molecule has 7 heteroatoms. The van der Waals surface area contributed by atoms with Crippen molar-refractivity contribution in [2.45, 2.75) is 11.9 Å². The highest BCUT2D eigenvalue weighted by Crippen LogP contribution is 2.19. The number of hydrogen-bond donors (Lipinski definition) is 2. The van der Waals surface area contributed by atoms with E-state index < -0.39 is 10.0 Å². The van der Waals surface area contributed by atoms with E-state index in [0.717, 1.165) is 0 Å². The number of carbonyl (C=O) groups excluding carboxylic acids is 1. The minimum absolute atomic E-state index is 0.0548. The highest BCUT2D eigenvalue weighted by molar-refractivity contribution is 7.92. The summed E-state index contributed by atoms with van der Waals surface area (Å²) in [7, 11) is -3.75. The lowest BCUT2D eigenvalue weighted by Gasteiger charge is -2.09. The molecule has 0 aliphatic carbocycles. The number of sulfonamides is 1. The summed E-state index contributed by atoms with van der Waals surface area (Å²) >= 11 is 0. The van der Waals surface area contributed by atoms with Crippen LogP contribution in [0, 0.1) is 0 Å². The van der Waals surface area contributed by atoms with E-state index in [9.17, 15) is 13.2 Å². The third-order valence-electron chi connectivity index (χ3n) is 2.31. The third-order valence-corrected chi connectivity index (χ3v) is 3.60. The Kier molecular flexibility index (Phi) is 3.15. The molecule has 0 fully saturated rings. The summed E-state index contributed by atoms with van der Waals surface area (Å²) in [5.74, 6) is -0.210. The Hall–Kier alpha value is -2.15. The lowest BCUT2D eigenvalue weighted by molar-refractivity contribution is 0.101. The minimum atomic E-state index is -3.75. The van der Waals surface area contributed by atoms with Crippen molar-refractivity contribution in [3.8, 4) is 0 Å². The maximum Gasteiger partial charge on any atom is 0.278 e. The summed E-state index contributed by atoms with van der Waals surface area (Å²) in [5.41, 5.74) is 0.570. The number of carbonyl (C=O) groups is 1. The van der Waals surface area contributed by atoms with Crippen LogP contribution in [0.5, 0.6) is 0 Å². The second-order valence-corrected chi connectivity index (χ2v) is 5.27. The van der Waals surface area contributed by atoms with E-state index in [-0.39, 0.29) is 16.5 Å². The Balaban J connectivity index is 2.39. The highest BCUT2D eigenvalue weighted by Gasteiger charge is 2.18. The van der Waals surface area contributed by atoms with Crippen LogP contribution in [0.3, 0.4) is 0 Å². The molecule has 1 heterocycles. The number of aromatic nitrogens is 2. The molecule has 1 aromatic heterocycles. The molecule has 18 heavy (non-hydrogen) atoms. The Morgan fingerprint density at radius 3 is 2.67 bits per heavy atom. The maximum absolute atomic E-state index is 11.9. The average Bonchev–Trinajstić information content (AvgIpc) is 2.83. The number of aromatic amines is 1. The number of nitrogens with zero attached hydrogens (tertiary/aromatic N) is 1. The van der Waals surface area contributed by atoms with Crippen LogP contribution in [0.4, 0.5) is 5.69 Å². The summed E-state index contributed by atoms with van der Waals surface area (Å²) in [5, 5.41) is -0.0548. The Morgan fingerprint density at radius 2 is 2.06 bits per heavy atom. The first-order valence-electron chi connectivity index (χ1n) is 5.12. The van der Waals surface area contributed by atoms with Crippen LogP contribution in [-0.4, -0.2) is 24.2 Å². The van der Waals surface area contributed by atoms with E-state index in [2.05, 4.69) is 14.7 Å². The number of para-hydroxylation sites is 1. The van der Waals surface area contributed by atoms with Crippen molar-refractivity contribution >= 4 is 21.5 Å². The van der Waals surface area contributed by atoms with E-state index in [1.807, 2.05) is 0 Å². The van der Waals surface area contributed by atoms with Crippen molar-refractivity contribution in [1.29, 1.82) is 0 Å². The topological polar surface area (TPSA) is 91.9 Å². The smallest absolute Gasteiger partial charge is 0.278 e. The zero-order valence-corrected chi connectivity index (χ0v) is 10.4. The van der Waals surface area contributed by atoms with Gasteiger partial charge in [0.15, 0.2) is 10.8 Å². The minimum Gasteiger partial charge on any atom is -0.334 e. The second kappa shape index (κ2) is 4.61. The fourth-order valence-electron chi connectivity index (χ4n) is 1.47. The molecule has 0 aliphatic heterocycles. The predicted molar refractivity (Wildman–Crippen MR) is 65.8 cm³/mol. The van der Waals surface area contributed by atoms with Gasteiger partial charge in [0.2, 0.25) is 0 Å². The molecule has 0 unspecified atom stereocenters. The number of imidazole rings is 1. The fraction of sp³-hybridized carbons (Fsp3) is 0.0909. The SMILES string of the molecule is CC(=O)c1ccccc1NS(=O)(=O)c1cnc[nH]1. The van der Waals surface area contributed by atoms with E-state index in [0.29, 0.717) is 5.56 Å². The largest absolute Gasteiger partial charge is 0.334 e. The Labute approximate surface area is 104 Å². The van der Waals surface area contributed by atoms with Crippen molar-refractivity contribution in [3.05, 3.63) is 42.4 Å². The standard InChI is InChI=1S/C11H11N3O3S/c1-8(15)9-4-2-3-5-10(9)14-18(16,17)11-6-12-7-13-11/h2-7,14H,1H3,(H,12,13). The first kappa shape index (κ1) is 12.3. The van der Waals surface area contributed by atoms with Crippen LogP contribution in [0.25, 0.3) is 0 Å². The van der Waals surface area contributed by atoms with Gasteiger partial charge < -0.3 is 4.98 Å². The molecule has 0 bridgehead atoms. The zero-order chi connectivity index (χ0) is 13.2. The Bertz CT molecular complexity index is 663. The summed E-state index contributed by atoms with van der Waals surface area (Å²) in [6, 6.07) is 6.42. The predicted octanol–water partition coefficient (Wildman–Crippen LogP) is 1.41. The summed E-state index contributed by atoms with van der Waals surface area (Å²) in [4.78, 5) is 17.5. The van der Waals surface area contributed by atoms with E-state index in [1.165, 1.54) is 25.5 Å². The quantitative estimate of drug-likeness (QED) is 0.817. The number of nitrogens with one attached hydrogen (secondary N) is 2. The number of benzene rings is 1. The van der Waals surface area contributed by atoms with Gasteiger partial charge in [-0.3, -0.25) is 9.52 Å². The number of anilines is 1. The van der Waals surface area contributed by atoms with Gasteiger partial charge in [0.1, 0.15) is 0 Å². The third kappa shape index (κ3) is 2.40. The van der Waals surface area contributed by atoms with Gasteiger partial charge in [-0.15, -0.1) is 0 Å². The molecule has 2 rings (SSSR count). The summed E-state index contributed by atoms with van der Waals surface area (Å²) in [6.07, 6.45) is 2.46. The van der Waals surface area contributed by atoms with Crippen LogP contribution >= 0.6 is 0 Å². The molecule has 94 valence electrons. The van der Waals surface area contributed by atoms with E-state index in [1.54, 1.807) is 18.2 Å². The molecule has 1 aromatic carbocycles. The first-order chi connectivity index (χ1) is 8.50. The van der Waals surface area contributed by atoms with Gasteiger partial charge >= 0.3 is 0 Å². The first-order valence-corrected chi connectivity index (χ1v) is 6.60. The van der Waals surface area contributed by atoms with Crippen molar-refractivity contribution in [3.63, 3.8) is 0 Å². The molecule has 0 saturated heterocycles. The van der Waals surface area contributed by atoms with Crippen LogP contribution in [0.1, 0.15) is 17.3 Å². The molecule has 0 amide bonds. The molecule has 0 aliphatic rings. The Morgan fingerprint density at radius 1 is 1.33 bits per heavy atom. The normalized spacial score (nSPS) is 11.2.